The molecule has 2 aromatic rings. The lowest BCUT2D eigenvalue weighted by Crippen LogP contribution is -2.37. The Morgan fingerprint density at radius 3 is 2.23 bits per heavy atom. The minimum absolute atomic E-state index is 0.181. The van der Waals surface area contributed by atoms with Crippen LogP contribution in [0.2, 0.25) is 0 Å². The quantitative estimate of drug-likeness (QED) is 0.675. The van der Waals surface area contributed by atoms with Gasteiger partial charge < -0.3 is 30.0 Å². The number of ether oxygens (including phenoxy) is 4. The van der Waals surface area contributed by atoms with E-state index in [0.717, 1.165) is 5.56 Å². The fourth-order valence-corrected chi connectivity index (χ4v) is 3.32. The molecule has 0 spiro atoms. The zero-order chi connectivity index (χ0) is 21.7. The number of hydrogen-bond donors (Lipinski definition) is 2. The molecule has 0 saturated carbocycles. The first-order valence-electron chi connectivity index (χ1n) is 9.40. The van der Waals surface area contributed by atoms with Gasteiger partial charge in [-0.1, -0.05) is 30.3 Å². The fraction of sp³-hybridized carbons (Fsp3) is 0.273. The summed E-state index contributed by atoms with van der Waals surface area (Å²) in [5, 5.41) is 3.02. The van der Waals surface area contributed by atoms with Crippen LogP contribution in [0.5, 0.6) is 17.2 Å². The van der Waals surface area contributed by atoms with Gasteiger partial charge in [-0.2, -0.15) is 0 Å². The topological polar surface area (TPSA) is 104 Å². The molecule has 8 heteroatoms. The van der Waals surface area contributed by atoms with Crippen LogP contribution < -0.4 is 25.3 Å². The van der Waals surface area contributed by atoms with Crippen molar-refractivity contribution in [3.05, 3.63) is 59.2 Å². The monoisotopic (exact) mass is 411 g/mol. The molecule has 30 heavy (non-hydrogen) atoms. The van der Waals surface area contributed by atoms with E-state index in [1.807, 2.05) is 30.3 Å². The normalized spacial score (nSPS) is 15.7. The van der Waals surface area contributed by atoms with Crippen LogP contribution in [0.1, 0.15) is 24.1 Å². The van der Waals surface area contributed by atoms with Crippen molar-refractivity contribution in [2.75, 3.05) is 27.9 Å². The Morgan fingerprint density at radius 1 is 1.07 bits per heavy atom. The van der Waals surface area contributed by atoms with Crippen LogP contribution in [0, 0.1) is 0 Å². The van der Waals surface area contributed by atoms with Gasteiger partial charge in [0, 0.05) is 0 Å². The first-order chi connectivity index (χ1) is 14.5. The van der Waals surface area contributed by atoms with Gasteiger partial charge in [-0.15, -0.1) is 0 Å². The van der Waals surface area contributed by atoms with Crippen molar-refractivity contribution in [2.45, 2.75) is 13.0 Å². The van der Waals surface area contributed by atoms with Crippen molar-refractivity contribution in [1.82, 2.24) is 5.32 Å². The maximum absolute atomic E-state index is 13.0. The van der Waals surface area contributed by atoms with Gasteiger partial charge in [0.15, 0.2) is 17.5 Å². The molecule has 0 radical (unpaired) electrons. The highest BCUT2D eigenvalue weighted by Crippen LogP contribution is 2.43. The van der Waals surface area contributed by atoms with Crippen LogP contribution in [0.3, 0.4) is 0 Å². The summed E-state index contributed by atoms with van der Waals surface area (Å²) in [6, 6.07) is 12.2. The van der Waals surface area contributed by atoms with Gasteiger partial charge >= 0.3 is 5.97 Å². The molecule has 0 aromatic heterocycles. The van der Waals surface area contributed by atoms with E-state index in [-0.39, 0.29) is 12.6 Å². The van der Waals surface area contributed by atoms with Crippen LogP contribution in [0.25, 0.3) is 5.70 Å². The maximum Gasteiger partial charge on any atom is 0.338 e. The van der Waals surface area contributed by atoms with Gasteiger partial charge in [0.05, 0.1) is 39.2 Å². The van der Waals surface area contributed by atoms with E-state index in [9.17, 15) is 4.79 Å². The van der Waals surface area contributed by atoms with E-state index in [0.29, 0.717) is 34.1 Å². The van der Waals surface area contributed by atoms with Gasteiger partial charge in [0.1, 0.15) is 6.04 Å². The van der Waals surface area contributed by atoms with E-state index < -0.39 is 12.0 Å². The lowest BCUT2D eigenvalue weighted by Gasteiger charge is -2.27. The van der Waals surface area contributed by atoms with Crippen LogP contribution >= 0.6 is 0 Å². The average Bonchev–Trinajstić information content (AvgIpc) is 2.78. The molecule has 1 atom stereocenters. The highest BCUT2D eigenvalue weighted by molar-refractivity contribution is 6.04. The minimum Gasteiger partial charge on any atom is -0.493 e. The van der Waals surface area contributed by atoms with Crippen molar-refractivity contribution < 1.29 is 23.7 Å². The second-order valence-corrected chi connectivity index (χ2v) is 6.38. The van der Waals surface area contributed by atoms with Crippen LogP contribution in [0.15, 0.2) is 53.0 Å². The number of esters is 1. The number of aliphatic imine (C=N–C) groups is 1. The molecule has 2 aromatic carbocycles. The number of carbonyl (C=O) groups is 1. The summed E-state index contributed by atoms with van der Waals surface area (Å²) in [6.07, 6.45) is 0. The highest BCUT2D eigenvalue weighted by Gasteiger charge is 2.33. The Hall–Kier alpha value is -3.68. The summed E-state index contributed by atoms with van der Waals surface area (Å²) < 4.78 is 21.7. The number of methoxy groups -OCH3 is 3. The Labute approximate surface area is 175 Å². The van der Waals surface area contributed by atoms with Crippen molar-refractivity contribution in [3.63, 3.8) is 0 Å². The third kappa shape index (κ3) is 4.03. The number of rotatable bonds is 7. The highest BCUT2D eigenvalue weighted by atomic mass is 16.5. The average molecular weight is 411 g/mol. The van der Waals surface area contributed by atoms with Crippen molar-refractivity contribution in [3.8, 4) is 17.2 Å². The van der Waals surface area contributed by atoms with Crippen LogP contribution in [-0.2, 0) is 9.53 Å². The molecule has 0 aliphatic carbocycles. The predicted octanol–water partition coefficient (Wildman–Crippen LogP) is 2.65. The van der Waals surface area contributed by atoms with E-state index in [1.165, 1.54) is 21.3 Å². The molecule has 1 aliphatic rings. The van der Waals surface area contributed by atoms with E-state index in [4.69, 9.17) is 24.7 Å². The smallest absolute Gasteiger partial charge is 0.338 e. The number of nitrogens with one attached hydrogen (secondary N) is 1. The van der Waals surface area contributed by atoms with E-state index >= 15 is 0 Å². The van der Waals surface area contributed by atoms with Gasteiger partial charge in [-0.05, 0) is 30.2 Å². The molecule has 1 aliphatic heterocycles. The standard InChI is InChI=1S/C22H25N3O5/c1-5-30-21(26)17-18(13-9-7-6-8-10-13)24-22(23)25-19(17)14-11-15(27-2)20(29-4)16(12-14)28-3/h6-12,19H,5H2,1-4H3,(H3,23,24,25). The number of nitrogens with zero attached hydrogens (tertiary/aromatic N) is 1. The maximum atomic E-state index is 13.0. The molecule has 3 N–H and O–H groups in total. The van der Waals surface area contributed by atoms with Gasteiger partial charge in [0.25, 0.3) is 0 Å². The Bertz CT molecular complexity index is 961. The molecule has 8 nitrogen and oxygen atoms in total. The second kappa shape index (κ2) is 9.21. The molecule has 1 unspecified atom stereocenters. The van der Waals surface area contributed by atoms with E-state index in [2.05, 4.69) is 10.3 Å². The van der Waals surface area contributed by atoms with Crippen LogP contribution in [0.4, 0.5) is 0 Å². The zero-order valence-corrected chi connectivity index (χ0v) is 17.4. The van der Waals surface area contributed by atoms with Crippen molar-refractivity contribution in [1.29, 1.82) is 0 Å². The number of guanidine groups is 1. The Balaban J connectivity index is 2.24. The number of benzene rings is 2. The molecule has 0 bridgehead atoms. The third-order valence-corrected chi connectivity index (χ3v) is 4.62. The Kier molecular flexibility index (Phi) is 6.46. The molecule has 0 saturated heterocycles. The van der Waals surface area contributed by atoms with Gasteiger partial charge in [-0.25, -0.2) is 9.79 Å². The van der Waals surface area contributed by atoms with Gasteiger partial charge in [0.2, 0.25) is 5.75 Å². The largest absolute Gasteiger partial charge is 0.493 e. The minimum atomic E-state index is -0.728. The molecular formula is C22H25N3O5. The SMILES string of the molecule is CCOC(=O)C1=C(c2ccccc2)NC(N)=NC1c1cc(OC)c(OC)c(OC)c1. The molecule has 3 rings (SSSR count). The first kappa shape index (κ1) is 21.0. The second-order valence-electron chi connectivity index (χ2n) is 6.38. The molecule has 0 amide bonds. The summed E-state index contributed by atoms with van der Waals surface area (Å²) >= 11 is 0. The van der Waals surface area contributed by atoms with Crippen molar-refractivity contribution >= 4 is 17.6 Å². The fourth-order valence-electron chi connectivity index (χ4n) is 3.32. The van der Waals surface area contributed by atoms with Crippen LogP contribution in [-0.4, -0.2) is 39.9 Å². The Morgan fingerprint density at radius 2 is 1.70 bits per heavy atom. The zero-order valence-electron chi connectivity index (χ0n) is 17.4. The lowest BCUT2D eigenvalue weighted by atomic mass is 9.93. The molecule has 0 fully saturated rings. The summed E-state index contributed by atoms with van der Waals surface area (Å²) in [5.74, 6) is 1.03. The summed E-state index contributed by atoms with van der Waals surface area (Å²) in [5.41, 5.74) is 8.40. The van der Waals surface area contributed by atoms with E-state index in [1.54, 1.807) is 19.1 Å². The first-order valence-corrected chi connectivity index (χ1v) is 9.40. The molecule has 1 heterocycles. The third-order valence-electron chi connectivity index (χ3n) is 4.62. The number of hydrogen-bond acceptors (Lipinski definition) is 8. The summed E-state index contributed by atoms with van der Waals surface area (Å²) in [4.78, 5) is 17.5. The summed E-state index contributed by atoms with van der Waals surface area (Å²) in [6.45, 7) is 1.98. The molecular weight excluding hydrogens is 386 g/mol. The lowest BCUT2D eigenvalue weighted by molar-refractivity contribution is -0.138. The van der Waals surface area contributed by atoms with Gasteiger partial charge in [-0.3, -0.25) is 0 Å². The van der Waals surface area contributed by atoms with Crippen molar-refractivity contribution in [2.24, 2.45) is 10.7 Å². The number of carbonyl (C=O) groups excluding carboxylic acids is 1. The molecule has 158 valence electrons. The predicted molar refractivity (Wildman–Crippen MR) is 114 cm³/mol. The summed E-state index contributed by atoms with van der Waals surface area (Å²) in [7, 11) is 4.58. The number of nitrogens with two attached hydrogens (primary N) is 1.